The van der Waals surface area contributed by atoms with Gasteiger partial charge in [0, 0.05) is 0 Å². The highest BCUT2D eigenvalue weighted by molar-refractivity contribution is 5.85. The average molecular weight is 269 g/mol. The van der Waals surface area contributed by atoms with Gasteiger partial charge in [-0.3, -0.25) is 9.59 Å². The molecule has 0 spiro atoms. The van der Waals surface area contributed by atoms with Crippen LogP contribution in [0.2, 0.25) is 0 Å². The fraction of sp³-hybridized carbons (Fsp3) is 0.857. The topological polar surface area (TPSA) is 86.6 Å². The summed E-state index contributed by atoms with van der Waals surface area (Å²) in [6, 6.07) is 0. The second-order valence-corrected chi connectivity index (χ2v) is 5.97. The highest BCUT2D eigenvalue weighted by Crippen LogP contribution is 2.34. The minimum atomic E-state index is -0.876. The largest absolute Gasteiger partial charge is 0.481 e. The average Bonchev–Trinajstić information content (AvgIpc) is 2.89. The Morgan fingerprint density at radius 2 is 1.68 bits per heavy atom. The number of aliphatic hydroxyl groups excluding tert-OH is 1. The van der Waals surface area contributed by atoms with Crippen molar-refractivity contribution in [2.45, 2.75) is 56.9 Å². The summed E-state index contributed by atoms with van der Waals surface area (Å²) in [5.74, 6) is -2.04. The number of hydrogen-bond donors (Lipinski definition) is 3. The molecule has 2 atom stereocenters. The minimum absolute atomic E-state index is 0.0524. The Hall–Kier alpha value is -1.10. The van der Waals surface area contributed by atoms with Crippen LogP contribution in [0.15, 0.2) is 0 Å². The van der Waals surface area contributed by atoms with Gasteiger partial charge in [0.15, 0.2) is 0 Å². The van der Waals surface area contributed by atoms with Gasteiger partial charge < -0.3 is 15.5 Å². The van der Waals surface area contributed by atoms with Crippen molar-refractivity contribution in [3.05, 3.63) is 0 Å². The number of nitrogens with one attached hydrogen (secondary N) is 1. The normalized spacial score (nSPS) is 29.9. The molecule has 5 nitrogen and oxygen atoms in total. The molecule has 19 heavy (non-hydrogen) atoms. The first-order valence-corrected chi connectivity index (χ1v) is 7.24. The molecule has 0 aromatic heterocycles. The van der Waals surface area contributed by atoms with Crippen LogP contribution in [-0.2, 0) is 9.59 Å². The summed E-state index contributed by atoms with van der Waals surface area (Å²) in [6.07, 6.45) is 6.75. The Bertz CT molecular complexity index is 349. The molecule has 5 heteroatoms. The molecule has 0 heterocycles. The number of aliphatic carboxylic acids is 1. The van der Waals surface area contributed by atoms with E-state index in [1.807, 2.05) is 0 Å². The van der Waals surface area contributed by atoms with Crippen molar-refractivity contribution in [1.82, 2.24) is 5.32 Å². The summed E-state index contributed by atoms with van der Waals surface area (Å²) >= 11 is 0. The summed E-state index contributed by atoms with van der Waals surface area (Å²) < 4.78 is 0. The van der Waals surface area contributed by atoms with Crippen molar-refractivity contribution in [2.75, 3.05) is 6.61 Å². The Morgan fingerprint density at radius 1 is 1.05 bits per heavy atom. The van der Waals surface area contributed by atoms with E-state index in [1.165, 1.54) is 0 Å². The fourth-order valence-corrected chi connectivity index (χ4v) is 3.47. The molecule has 2 aliphatic carbocycles. The van der Waals surface area contributed by atoms with Crippen molar-refractivity contribution in [1.29, 1.82) is 0 Å². The van der Waals surface area contributed by atoms with Gasteiger partial charge in [0.1, 0.15) is 0 Å². The maximum atomic E-state index is 12.3. The minimum Gasteiger partial charge on any atom is -0.481 e. The lowest BCUT2D eigenvalue weighted by Gasteiger charge is -2.37. The van der Waals surface area contributed by atoms with Crippen molar-refractivity contribution in [3.63, 3.8) is 0 Å². The monoisotopic (exact) mass is 269 g/mol. The second kappa shape index (κ2) is 5.90. The fourth-order valence-electron chi connectivity index (χ4n) is 3.47. The SMILES string of the molecule is O=C(O)C1CCCC1C(=O)NC1(CO)CCCCC1. The third-order valence-corrected chi connectivity index (χ3v) is 4.67. The van der Waals surface area contributed by atoms with Crippen LogP contribution in [0.5, 0.6) is 0 Å². The van der Waals surface area contributed by atoms with Gasteiger partial charge in [0.25, 0.3) is 0 Å². The van der Waals surface area contributed by atoms with Gasteiger partial charge in [-0.2, -0.15) is 0 Å². The van der Waals surface area contributed by atoms with E-state index in [1.54, 1.807) is 0 Å². The molecule has 0 saturated heterocycles. The summed E-state index contributed by atoms with van der Waals surface area (Å²) in [4.78, 5) is 23.4. The van der Waals surface area contributed by atoms with Gasteiger partial charge in [-0.05, 0) is 25.7 Å². The zero-order valence-corrected chi connectivity index (χ0v) is 11.2. The highest BCUT2D eigenvalue weighted by Gasteiger charge is 2.41. The van der Waals surface area contributed by atoms with E-state index < -0.39 is 23.3 Å². The number of rotatable bonds is 4. The molecule has 0 bridgehead atoms. The molecular weight excluding hydrogens is 246 g/mol. The van der Waals surface area contributed by atoms with Gasteiger partial charge in [-0.15, -0.1) is 0 Å². The molecule has 2 fully saturated rings. The van der Waals surface area contributed by atoms with Gasteiger partial charge >= 0.3 is 5.97 Å². The smallest absolute Gasteiger partial charge is 0.307 e. The second-order valence-electron chi connectivity index (χ2n) is 5.97. The van der Waals surface area contributed by atoms with Crippen LogP contribution in [0.4, 0.5) is 0 Å². The van der Waals surface area contributed by atoms with Crippen molar-refractivity contribution < 1.29 is 19.8 Å². The van der Waals surface area contributed by atoms with Crippen LogP contribution in [0.3, 0.4) is 0 Å². The Labute approximate surface area is 113 Å². The molecule has 1 amide bonds. The molecule has 0 radical (unpaired) electrons. The summed E-state index contributed by atoms with van der Waals surface area (Å²) in [7, 11) is 0. The van der Waals surface area contributed by atoms with E-state index in [4.69, 9.17) is 5.11 Å². The molecule has 2 saturated carbocycles. The van der Waals surface area contributed by atoms with Gasteiger partial charge in [-0.25, -0.2) is 0 Å². The lowest BCUT2D eigenvalue weighted by Crippen LogP contribution is -2.54. The van der Waals surface area contributed by atoms with Crippen molar-refractivity contribution in [2.24, 2.45) is 11.8 Å². The molecule has 2 aliphatic rings. The first-order chi connectivity index (χ1) is 9.08. The predicted octanol–water partition coefficient (Wildman–Crippen LogP) is 1.30. The number of carbonyl (C=O) groups is 2. The van der Waals surface area contributed by atoms with Crippen LogP contribution in [-0.4, -0.2) is 34.2 Å². The molecule has 2 unspecified atom stereocenters. The molecular formula is C14H23NO4. The van der Waals surface area contributed by atoms with E-state index in [2.05, 4.69) is 5.32 Å². The zero-order chi connectivity index (χ0) is 13.9. The van der Waals surface area contributed by atoms with Gasteiger partial charge in [-0.1, -0.05) is 25.7 Å². The van der Waals surface area contributed by atoms with Gasteiger partial charge in [0.05, 0.1) is 24.0 Å². The van der Waals surface area contributed by atoms with E-state index in [0.717, 1.165) is 38.5 Å². The predicted molar refractivity (Wildman–Crippen MR) is 69.5 cm³/mol. The van der Waals surface area contributed by atoms with E-state index in [0.29, 0.717) is 12.8 Å². The van der Waals surface area contributed by atoms with Crippen LogP contribution < -0.4 is 5.32 Å². The van der Waals surface area contributed by atoms with Crippen LogP contribution >= 0.6 is 0 Å². The van der Waals surface area contributed by atoms with Crippen molar-refractivity contribution >= 4 is 11.9 Å². The number of hydrogen-bond acceptors (Lipinski definition) is 3. The lowest BCUT2D eigenvalue weighted by atomic mass is 9.81. The number of carbonyl (C=O) groups excluding carboxylic acids is 1. The van der Waals surface area contributed by atoms with Crippen LogP contribution in [0, 0.1) is 11.8 Å². The number of aliphatic hydroxyl groups is 1. The standard InChI is InChI=1S/C14H23NO4/c16-9-14(7-2-1-3-8-14)15-12(17)10-5-4-6-11(10)13(18)19/h10-11,16H,1-9H2,(H,15,17)(H,18,19). The lowest BCUT2D eigenvalue weighted by molar-refractivity contribution is -0.146. The maximum Gasteiger partial charge on any atom is 0.307 e. The Balaban J connectivity index is 2.01. The first-order valence-electron chi connectivity index (χ1n) is 7.24. The third-order valence-electron chi connectivity index (χ3n) is 4.67. The maximum absolute atomic E-state index is 12.3. The number of carboxylic acid groups (broad SMARTS) is 1. The molecule has 108 valence electrons. The van der Waals surface area contributed by atoms with Crippen molar-refractivity contribution in [3.8, 4) is 0 Å². The molecule has 3 N–H and O–H groups in total. The zero-order valence-electron chi connectivity index (χ0n) is 11.2. The van der Waals surface area contributed by atoms with E-state index >= 15 is 0 Å². The molecule has 0 aromatic carbocycles. The summed E-state index contributed by atoms with van der Waals surface area (Å²) in [5, 5.41) is 21.7. The summed E-state index contributed by atoms with van der Waals surface area (Å²) in [5.41, 5.74) is -0.513. The third kappa shape index (κ3) is 3.08. The number of amides is 1. The van der Waals surface area contributed by atoms with Crippen LogP contribution in [0.25, 0.3) is 0 Å². The summed E-state index contributed by atoms with van der Waals surface area (Å²) in [6.45, 7) is -0.0524. The molecule has 0 aromatic rings. The van der Waals surface area contributed by atoms with E-state index in [9.17, 15) is 14.7 Å². The van der Waals surface area contributed by atoms with E-state index in [-0.39, 0.29) is 12.5 Å². The Morgan fingerprint density at radius 3 is 2.26 bits per heavy atom. The Kier molecular flexibility index (Phi) is 4.45. The number of carboxylic acids is 1. The first kappa shape index (κ1) is 14.3. The molecule has 0 aliphatic heterocycles. The van der Waals surface area contributed by atoms with Crippen LogP contribution in [0.1, 0.15) is 51.4 Å². The molecule has 2 rings (SSSR count). The highest BCUT2D eigenvalue weighted by atomic mass is 16.4. The quantitative estimate of drug-likeness (QED) is 0.718. The van der Waals surface area contributed by atoms with Gasteiger partial charge in [0.2, 0.25) is 5.91 Å².